The van der Waals surface area contributed by atoms with Gasteiger partial charge in [0.2, 0.25) is 0 Å². The molecule has 0 saturated carbocycles. The minimum absolute atomic E-state index is 0.669. The lowest BCUT2D eigenvalue weighted by molar-refractivity contribution is 0.313. The van der Waals surface area contributed by atoms with Gasteiger partial charge in [-0.2, -0.15) is 5.10 Å². The summed E-state index contributed by atoms with van der Waals surface area (Å²) < 4.78 is 7.57. The van der Waals surface area contributed by atoms with Crippen molar-refractivity contribution in [1.82, 2.24) is 15.1 Å². The van der Waals surface area contributed by atoms with Crippen molar-refractivity contribution in [3.63, 3.8) is 0 Å². The molecule has 0 fully saturated rings. The quantitative estimate of drug-likeness (QED) is 0.808. The van der Waals surface area contributed by atoms with E-state index in [1.165, 1.54) is 16.8 Å². The highest BCUT2D eigenvalue weighted by Gasteiger charge is 2.02. The summed E-state index contributed by atoms with van der Waals surface area (Å²) in [5, 5.41) is 7.58. The molecule has 102 valence electrons. The van der Waals surface area contributed by atoms with Crippen LogP contribution in [0.5, 0.6) is 5.75 Å². The third-order valence-electron chi connectivity index (χ3n) is 3.19. The van der Waals surface area contributed by atoms with Gasteiger partial charge in [-0.3, -0.25) is 4.68 Å². The van der Waals surface area contributed by atoms with E-state index in [1.54, 1.807) is 0 Å². The Balaban J connectivity index is 1.69. The van der Waals surface area contributed by atoms with Gasteiger partial charge >= 0.3 is 0 Å². The first-order valence-corrected chi connectivity index (χ1v) is 6.54. The lowest BCUT2D eigenvalue weighted by Gasteiger charge is -2.08. The maximum atomic E-state index is 5.68. The summed E-state index contributed by atoms with van der Waals surface area (Å²) in [6.07, 6.45) is 1.91. The zero-order valence-electron chi connectivity index (χ0n) is 11.8. The molecule has 4 heteroatoms. The summed E-state index contributed by atoms with van der Waals surface area (Å²) >= 11 is 0. The van der Waals surface area contributed by atoms with Gasteiger partial charge in [0.1, 0.15) is 12.4 Å². The van der Waals surface area contributed by atoms with Gasteiger partial charge in [-0.25, -0.2) is 0 Å². The number of ether oxygens (including phenoxy) is 1. The van der Waals surface area contributed by atoms with Crippen LogP contribution in [0.4, 0.5) is 0 Å². The van der Waals surface area contributed by atoms with Crippen LogP contribution in [-0.2, 0) is 13.6 Å². The van der Waals surface area contributed by atoms with Crippen LogP contribution < -0.4 is 10.1 Å². The number of nitrogens with zero attached hydrogens (tertiary/aromatic N) is 2. The summed E-state index contributed by atoms with van der Waals surface area (Å²) in [6, 6.07) is 8.11. The molecule has 1 aromatic carbocycles. The normalized spacial score (nSPS) is 10.7. The lowest BCUT2D eigenvalue weighted by Crippen LogP contribution is -2.20. The Bertz CT molecular complexity index is 534. The van der Waals surface area contributed by atoms with Crippen molar-refractivity contribution >= 4 is 0 Å². The number of aryl methyl sites for hydroxylation is 2. The highest BCUT2D eigenvalue weighted by Crippen LogP contribution is 2.11. The first-order valence-electron chi connectivity index (χ1n) is 6.54. The SMILES string of the molecule is Cc1cccc(OCCNCc2cnn(C)c2C)c1. The van der Waals surface area contributed by atoms with Crippen LogP contribution in [0, 0.1) is 13.8 Å². The van der Waals surface area contributed by atoms with E-state index in [-0.39, 0.29) is 0 Å². The zero-order valence-corrected chi connectivity index (χ0v) is 11.8. The Morgan fingerprint density at radius 2 is 2.16 bits per heavy atom. The molecule has 0 bridgehead atoms. The molecule has 0 saturated heterocycles. The van der Waals surface area contributed by atoms with Gasteiger partial charge in [0.15, 0.2) is 0 Å². The Kier molecular flexibility index (Phi) is 4.58. The van der Waals surface area contributed by atoms with E-state index in [4.69, 9.17) is 4.74 Å². The van der Waals surface area contributed by atoms with Gasteiger partial charge in [-0.05, 0) is 31.5 Å². The van der Waals surface area contributed by atoms with Crippen molar-refractivity contribution in [2.24, 2.45) is 7.05 Å². The highest BCUT2D eigenvalue weighted by molar-refractivity contribution is 5.27. The number of aromatic nitrogens is 2. The van der Waals surface area contributed by atoms with E-state index in [9.17, 15) is 0 Å². The molecule has 0 unspecified atom stereocenters. The first kappa shape index (κ1) is 13.6. The summed E-state index contributed by atoms with van der Waals surface area (Å²) in [5.41, 5.74) is 3.65. The van der Waals surface area contributed by atoms with Gasteiger partial charge in [-0.15, -0.1) is 0 Å². The van der Waals surface area contributed by atoms with E-state index in [1.807, 2.05) is 36.1 Å². The molecule has 0 amide bonds. The molecule has 1 heterocycles. The first-order chi connectivity index (χ1) is 9.16. The average Bonchev–Trinajstić information content (AvgIpc) is 2.70. The van der Waals surface area contributed by atoms with E-state index < -0.39 is 0 Å². The molecule has 19 heavy (non-hydrogen) atoms. The molecular formula is C15H21N3O. The van der Waals surface area contributed by atoms with Crippen LogP contribution in [0.25, 0.3) is 0 Å². The van der Waals surface area contributed by atoms with Gasteiger partial charge < -0.3 is 10.1 Å². The monoisotopic (exact) mass is 259 g/mol. The summed E-state index contributed by atoms with van der Waals surface area (Å²) in [4.78, 5) is 0. The van der Waals surface area contributed by atoms with Crippen LogP contribution >= 0.6 is 0 Å². The molecule has 1 N–H and O–H groups in total. The second kappa shape index (κ2) is 6.38. The van der Waals surface area contributed by atoms with Gasteiger partial charge in [-0.1, -0.05) is 12.1 Å². The summed E-state index contributed by atoms with van der Waals surface area (Å²) in [5.74, 6) is 0.930. The molecule has 0 aliphatic rings. The molecule has 4 nitrogen and oxygen atoms in total. The standard InChI is InChI=1S/C15H21N3O/c1-12-5-4-6-15(9-12)19-8-7-16-10-14-11-17-18(3)13(14)2/h4-6,9,11,16H,7-8,10H2,1-3H3. The van der Waals surface area contributed by atoms with Crippen molar-refractivity contribution in [2.75, 3.05) is 13.2 Å². The van der Waals surface area contributed by atoms with Crippen molar-refractivity contribution < 1.29 is 4.74 Å². The molecule has 0 aliphatic carbocycles. The third kappa shape index (κ3) is 3.83. The average molecular weight is 259 g/mol. The molecule has 1 aromatic heterocycles. The minimum atomic E-state index is 0.669. The van der Waals surface area contributed by atoms with Crippen molar-refractivity contribution in [1.29, 1.82) is 0 Å². The Labute approximate surface area is 114 Å². The number of hydrogen-bond acceptors (Lipinski definition) is 3. The largest absolute Gasteiger partial charge is 0.492 e. The fourth-order valence-corrected chi connectivity index (χ4v) is 1.89. The van der Waals surface area contributed by atoms with E-state index in [0.29, 0.717) is 6.61 Å². The molecule has 2 aromatic rings. The van der Waals surface area contributed by atoms with Gasteiger partial charge in [0.05, 0.1) is 6.20 Å². The molecule has 0 atom stereocenters. The Morgan fingerprint density at radius 3 is 2.84 bits per heavy atom. The number of benzene rings is 1. The molecule has 0 aliphatic heterocycles. The lowest BCUT2D eigenvalue weighted by atomic mass is 10.2. The topological polar surface area (TPSA) is 39.1 Å². The second-order valence-corrected chi connectivity index (χ2v) is 4.72. The van der Waals surface area contributed by atoms with Crippen molar-refractivity contribution in [3.8, 4) is 5.75 Å². The van der Waals surface area contributed by atoms with Crippen LogP contribution in [0.15, 0.2) is 30.5 Å². The van der Waals surface area contributed by atoms with Crippen molar-refractivity contribution in [3.05, 3.63) is 47.3 Å². The van der Waals surface area contributed by atoms with Gasteiger partial charge in [0, 0.05) is 31.4 Å². The van der Waals surface area contributed by atoms with Crippen LogP contribution in [-0.4, -0.2) is 22.9 Å². The Hall–Kier alpha value is -1.81. The van der Waals surface area contributed by atoms with Crippen LogP contribution in [0.3, 0.4) is 0 Å². The zero-order chi connectivity index (χ0) is 13.7. The predicted octanol–water partition coefficient (Wildman–Crippen LogP) is 2.21. The van der Waals surface area contributed by atoms with E-state index in [0.717, 1.165) is 18.8 Å². The van der Waals surface area contributed by atoms with Crippen LogP contribution in [0.1, 0.15) is 16.8 Å². The maximum Gasteiger partial charge on any atom is 0.119 e. The second-order valence-electron chi connectivity index (χ2n) is 4.72. The third-order valence-corrected chi connectivity index (χ3v) is 3.19. The molecule has 0 radical (unpaired) electrons. The van der Waals surface area contributed by atoms with Crippen molar-refractivity contribution in [2.45, 2.75) is 20.4 Å². The predicted molar refractivity (Wildman–Crippen MR) is 76.3 cm³/mol. The fraction of sp³-hybridized carbons (Fsp3) is 0.400. The van der Waals surface area contributed by atoms with Gasteiger partial charge in [0.25, 0.3) is 0 Å². The van der Waals surface area contributed by atoms with E-state index >= 15 is 0 Å². The number of nitrogens with one attached hydrogen (secondary N) is 1. The maximum absolute atomic E-state index is 5.68. The fourth-order valence-electron chi connectivity index (χ4n) is 1.89. The molecule has 2 rings (SSSR count). The molecular weight excluding hydrogens is 238 g/mol. The summed E-state index contributed by atoms with van der Waals surface area (Å²) in [6.45, 7) is 6.46. The number of rotatable bonds is 6. The summed E-state index contributed by atoms with van der Waals surface area (Å²) in [7, 11) is 1.96. The molecule has 0 spiro atoms. The smallest absolute Gasteiger partial charge is 0.119 e. The van der Waals surface area contributed by atoms with Crippen LogP contribution in [0.2, 0.25) is 0 Å². The minimum Gasteiger partial charge on any atom is -0.492 e. The Morgan fingerprint density at radius 1 is 1.32 bits per heavy atom. The van der Waals surface area contributed by atoms with E-state index in [2.05, 4.69) is 30.3 Å². The highest BCUT2D eigenvalue weighted by atomic mass is 16.5. The number of hydrogen-bond donors (Lipinski definition) is 1.